The fourth-order valence-corrected chi connectivity index (χ4v) is 1.18. The van der Waals surface area contributed by atoms with Crippen molar-refractivity contribution >= 4 is 5.78 Å². The summed E-state index contributed by atoms with van der Waals surface area (Å²) in [6.45, 7) is 3.54. The predicted molar refractivity (Wildman–Crippen MR) is 40.8 cm³/mol. The third kappa shape index (κ3) is 2.57. The fraction of sp³-hybridized carbons (Fsp3) is 0.857. The Morgan fingerprint density at radius 2 is 2.55 bits per heavy atom. The number of carbonyl (C=O) groups excluding carboxylic acids is 1. The van der Waals surface area contributed by atoms with E-state index in [2.05, 4.69) is 0 Å². The van der Waals surface area contributed by atoms with Crippen LogP contribution >= 0.6 is 0 Å². The molecule has 11 heavy (non-hydrogen) atoms. The molecule has 1 atom stereocenters. The minimum atomic E-state index is 0.0845. The van der Waals surface area contributed by atoms with Crippen LogP contribution in [0, 0.1) is 0 Å². The molecule has 0 aromatic rings. The average molecular weight is 158 g/mol. The number of rotatable bonds is 2. The molecule has 0 saturated carbocycles. The van der Waals surface area contributed by atoms with Crippen LogP contribution < -0.4 is 5.84 Å². The molecule has 0 amide bonds. The standard InChI is InChI=1S/C7H14N2O2/c1-6(10)4-7-5-11-3-2-9(7)8/h7H,2-5,8H2,1H3. The summed E-state index contributed by atoms with van der Waals surface area (Å²) in [6.07, 6.45) is 0.497. The molecule has 1 aliphatic heterocycles. The van der Waals surface area contributed by atoms with Gasteiger partial charge >= 0.3 is 0 Å². The molecule has 0 aromatic heterocycles. The van der Waals surface area contributed by atoms with Crippen LogP contribution in [0.15, 0.2) is 0 Å². The Morgan fingerprint density at radius 1 is 1.82 bits per heavy atom. The molecule has 1 aliphatic rings. The SMILES string of the molecule is CC(=O)CC1COCCN1N. The second-order valence-corrected chi connectivity index (χ2v) is 2.87. The van der Waals surface area contributed by atoms with Crippen LogP contribution in [0.5, 0.6) is 0 Å². The Labute approximate surface area is 66.3 Å². The van der Waals surface area contributed by atoms with Gasteiger partial charge in [0.25, 0.3) is 0 Å². The van der Waals surface area contributed by atoms with E-state index in [0.717, 1.165) is 6.54 Å². The molecule has 0 aliphatic carbocycles. The molecule has 2 N–H and O–H groups in total. The van der Waals surface area contributed by atoms with Crippen LogP contribution in [0.3, 0.4) is 0 Å². The lowest BCUT2D eigenvalue weighted by atomic mass is 10.1. The zero-order chi connectivity index (χ0) is 8.27. The summed E-state index contributed by atoms with van der Waals surface area (Å²) < 4.78 is 5.18. The van der Waals surface area contributed by atoms with Gasteiger partial charge in [0, 0.05) is 13.0 Å². The molecular formula is C7H14N2O2. The van der Waals surface area contributed by atoms with Gasteiger partial charge in [-0.3, -0.25) is 10.6 Å². The van der Waals surface area contributed by atoms with Crippen molar-refractivity contribution < 1.29 is 9.53 Å². The van der Waals surface area contributed by atoms with Crippen molar-refractivity contribution in [3.05, 3.63) is 0 Å². The van der Waals surface area contributed by atoms with Crippen molar-refractivity contribution in [3.8, 4) is 0 Å². The van der Waals surface area contributed by atoms with E-state index in [0.29, 0.717) is 19.6 Å². The van der Waals surface area contributed by atoms with Gasteiger partial charge in [0.05, 0.1) is 19.3 Å². The molecular weight excluding hydrogens is 144 g/mol. The number of hydrazine groups is 1. The minimum absolute atomic E-state index is 0.0845. The number of hydrogen-bond acceptors (Lipinski definition) is 4. The van der Waals surface area contributed by atoms with Gasteiger partial charge in [-0.05, 0) is 6.92 Å². The van der Waals surface area contributed by atoms with Crippen LogP contribution in [0.25, 0.3) is 0 Å². The molecule has 1 saturated heterocycles. The van der Waals surface area contributed by atoms with Crippen LogP contribution in [0.2, 0.25) is 0 Å². The zero-order valence-corrected chi connectivity index (χ0v) is 6.75. The Hall–Kier alpha value is -0.450. The summed E-state index contributed by atoms with van der Waals surface area (Å²) in [6, 6.07) is 0.0845. The molecule has 4 heteroatoms. The van der Waals surface area contributed by atoms with Crippen molar-refractivity contribution in [2.45, 2.75) is 19.4 Å². The third-order valence-electron chi connectivity index (χ3n) is 1.80. The highest BCUT2D eigenvalue weighted by Crippen LogP contribution is 2.05. The van der Waals surface area contributed by atoms with E-state index >= 15 is 0 Å². The van der Waals surface area contributed by atoms with Gasteiger partial charge in [0.2, 0.25) is 0 Å². The molecule has 4 nitrogen and oxygen atoms in total. The molecule has 1 rings (SSSR count). The first-order valence-electron chi connectivity index (χ1n) is 3.78. The first-order valence-corrected chi connectivity index (χ1v) is 3.78. The van der Waals surface area contributed by atoms with Gasteiger partial charge in [0.15, 0.2) is 0 Å². The largest absolute Gasteiger partial charge is 0.378 e. The third-order valence-corrected chi connectivity index (χ3v) is 1.80. The van der Waals surface area contributed by atoms with Gasteiger partial charge in [-0.15, -0.1) is 0 Å². The van der Waals surface area contributed by atoms with Gasteiger partial charge < -0.3 is 4.74 Å². The van der Waals surface area contributed by atoms with Crippen molar-refractivity contribution in [1.29, 1.82) is 0 Å². The van der Waals surface area contributed by atoms with E-state index in [1.165, 1.54) is 0 Å². The number of hydrogen-bond donors (Lipinski definition) is 1. The van der Waals surface area contributed by atoms with Gasteiger partial charge in [-0.25, -0.2) is 5.01 Å². The maximum Gasteiger partial charge on any atom is 0.131 e. The fourth-order valence-electron chi connectivity index (χ4n) is 1.18. The molecule has 0 radical (unpaired) electrons. The van der Waals surface area contributed by atoms with E-state index < -0.39 is 0 Å². The summed E-state index contributed by atoms with van der Waals surface area (Å²) in [5.41, 5.74) is 0. The van der Waals surface area contributed by atoms with Crippen LogP contribution in [0.1, 0.15) is 13.3 Å². The molecule has 0 bridgehead atoms. The van der Waals surface area contributed by atoms with Crippen molar-refractivity contribution in [2.24, 2.45) is 5.84 Å². The molecule has 0 spiro atoms. The number of morpholine rings is 1. The highest BCUT2D eigenvalue weighted by Gasteiger charge is 2.20. The normalized spacial score (nSPS) is 26.9. The average Bonchev–Trinajstić information content (AvgIpc) is 1.93. The summed E-state index contributed by atoms with van der Waals surface area (Å²) in [5.74, 6) is 5.79. The maximum atomic E-state index is 10.7. The topological polar surface area (TPSA) is 55.6 Å². The van der Waals surface area contributed by atoms with E-state index in [-0.39, 0.29) is 11.8 Å². The smallest absolute Gasteiger partial charge is 0.131 e. The number of nitrogens with zero attached hydrogens (tertiary/aromatic N) is 1. The maximum absolute atomic E-state index is 10.7. The number of carbonyl (C=O) groups is 1. The van der Waals surface area contributed by atoms with Crippen LogP contribution in [0.4, 0.5) is 0 Å². The van der Waals surface area contributed by atoms with Crippen LogP contribution in [-0.2, 0) is 9.53 Å². The summed E-state index contributed by atoms with van der Waals surface area (Å²) >= 11 is 0. The number of Topliss-reactive ketones (excluding diaryl/α,β-unsaturated/α-hetero) is 1. The molecule has 1 unspecified atom stereocenters. The number of ketones is 1. The minimum Gasteiger partial charge on any atom is -0.378 e. The molecule has 1 fully saturated rings. The lowest BCUT2D eigenvalue weighted by Gasteiger charge is -2.30. The van der Waals surface area contributed by atoms with Crippen molar-refractivity contribution in [3.63, 3.8) is 0 Å². The van der Waals surface area contributed by atoms with Gasteiger partial charge in [0.1, 0.15) is 5.78 Å². The monoisotopic (exact) mass is 158 g/mol. The second-order valence-electron chi connectivity index (χ2n) is 2.87. The second kappa shape index (κ2) is 3.80. The van der Waals surface area contributed by atoms with E-state index in [1.807, 2.05) is 0 Å². The van der Waals surface area contributed by atoms with Crippen LogP contribution in [-0.4, -0.2) is 36.6 Å². The molecule has 64 valence electrons. The Balaban J connectivity index is 2.35. The Morgan fingerprint density at radius 3 is 3.09 bits per heavy atom. The molecule has 0 aromatic carbocycles. The Bertz CT molecular complexity index is 149. The Kier molecular flexibility index (Phi) is 2.99. The first-order chi connectivity index (χ1) is 5.20. The number of nitrogens with two attached hydrogens (primary N) is 1. The quantitative estimate of drug-likeness (QED) is 0.552. The molecule has 1 heterocycles. The van der Waals surface area contributed by atoms with E-state index in [9.17, 15) is 4.79 Å². The summed E-state index contributed by atoms with van der Waals surface area (Å²) in [5, 5.41) is 1.69. The van der Waals surface area contributed by atoms with Gasteiger partial charge in [-0.1, -0.05) is 0 Å². The highest BCUT2D eigenvalue weighted by atomic mass is 16.5. The summed E-state index contributed by atoms with van der Waals surface area (Å²) in [4.78, 5) is 10.7. The lowest BCUT2D eigenvalue weighted by Crippen LogP contribution is -2.50. The van der Waals surface area contributed by atoms with Crippen molar-refractivity contribution in [1.82, 2.24) is 5.01 Å². The van der Waals surface area contributed by atoms with E-state index in [4.69, 9.17) is 10.6 Å². The summed E-state index contributed by atoms with van der Waals surface area (Å²) in [7, 11) is 0. The van der Waals surface area contributed by atoms with Crippen molar-refractivity contribution in [2.75, 3.05) is 19.8 Å². The highest BCUT2D eigenvalue weighted by molar-refractivity contribution is 5.76. The van der Waals surface area contributed by atoms with Gasteiger partial charge in [-0.2, -0.15) is 0 Å². The zero-order valence-electron chi connectivity index (χ0n) is 6.75. The predicted octanol–water partition coefficient (Wildman–Crippen LogP) is -0.460. The first kappa shape index (κ1) is 8.64. The lowest BCUT2D eigenvalue weighted by molar-refractivity contribution is -0.120. The van der Waals surface area contributed by atoms with E-state index in [1.54, 1.807) is 11.9 Å². The number of ether oxygens (including phenoxy) is 1.